The Balaban J connectivity index is 1.78. The molecule has 9 heteroatoms. The smallest absolute Gasteiger partial charge is 0.266 e. The van der Waals surface area contributed by atoms with Gasteiger partial charge in [0.1, 0.15) is 16.2 Å². The Morgan fingerprint density at radius 3 is 2.96 bits per heavy atom. The third-order valence-electron chi connectivity index (χ3n) is 3.66. The van der Waals surface area contributed by atoms with Gasteiger partial charge in [0.2, 0.25) is 0 Å². The number of amides is 1. The van der Waals surface area contributed by atoms with Gasteiger partial charge in [-0.3, -0.25) is 14.2 Å². The molecule has 128 valence electrons. The number of thiocarbonyl (C=S) groups is 1. The Morgan fingerprint density at radius 2 is 2.25 bits per heavy atom. The minimum Gasteiger partial charge on any atom is -0.490 e. The lowest BCUT2D eigenvalue weighted by atomic mass is 10.1. The molecule has 1 saturated heterocycles. The fraction of sp³-hybridized carbons (Fsp3) is 0.333. The molecular formula is C15H15NO5S3. The number of hydrogen-bond acceptors (Lipinski definition) is 6. The first kappa shape index (κ1) is 17.4. The van der Waals surface area contributed by atoms with Crippen LogP contribution < -0.4 is 4.74 Å². The second-order valence-corrected chi connectivity index (χ2v) is 8.87. The van der Waals surface area contributed by atoms with Crippen molar-refractivity contribution in [2.24, 2.45) is 0 Å². The lowest BCUT2D eigenvalue weighted by Gasteiger charge is -2.12. The van der Waals surface area contributed by atoms with E-state index >= 15 is 0 Å². The zero-order valence-corrected chi connectivity index (χ0v) is 15.2. The van der Waals surface area contributed by atoms with Gasteiger partial charge in [-0.25, -0.2) is 0 Å². The quantitative estimate of drug-likeness (QED) is 0.483. The van der Waals surface area contributed by atoms with Gasteiger partial charge in [-0.15, -0.1) is 0 Å². The van der Waals surface area contributed by atoms with Gasteiger partial charge in [-0.1, -0.05) is 30.0 Å². The van der Waals surface area contributed by atoms with Crippen molar-refractivity contribution in [3.8, 4) is 5.75 Å². The molecule has 1 amide bonds. The van der Waals surface area contributed by atoms with E-state index in [1.165, 1.54) is 4.90 Å². The molecule has 0 aromatic heterocycles. The van der Waals surface area contributed by atoms with Crippen molar-refractivity contribution >= 4 is 50.4 Å². The monoisotopic (exact) mass is 385 g/mol. The Bertz CT molecular complexity index is 847. The number of ether oxygens (including phenoxy) is 1. The van der Waals surface area contributed by atoms with Crippen LogP contribution in [-0.4, -0.2) is 46.5 Å². The van der Waals surface area contributed by atoms with Crippen LogP contribution in [0.4, 0.5) is 0 Å². The summed E-state index contributed by atoms with van der Waals surface area (Å²) in [5, 5.41) is 0. The van der Waals surface area contributed by atoms with Crippen molar-refractivity contribution in [1.82, 2.24) is 4.90 Å². The van der Waals surface area contributed by atoms with Crippen LogP contribution >= 0.6 is 24.0 Å². The van der Waals surface area contributed by atoms with Gasteiger partial charge in [-0.2, -0.15) is 8.42 Å². The lowest BCUT2D eigenvalue weighted by molar-refractivity contribution is -0.121. The maximum atomic E-state index is 12.4. The highest BCUT2D eigenvalue weighted by Crippen LogP contribution is 2.34. The van der Waals surface area contributed by atoms with Gasteiger partial charge < -0.3 is 4.74 Å². The van der Waals surface area contributed by atoms with Crippen LogP contribution in [0.25, 0.3) is 6.08 Å². The summed E-state index contributed by atoms with van der Waals surface area (Å²) in [5.41, 5.74) is 1.96. The summed E-state index contributed by atoms with van der Waals surface area (Å²) < 4.78 is 36.5. The second kappa shape index (κ2) is 6.47. The molecule has 0 radical (unpaired) electrons. The minimum atomic E-state index is -4.14. The van der Waals surface area contributed by atoms with Crippen molar-refractivity contribution in [3.63, 3.8) is 0 Å². The molecule has 0 saturated carbocycles. The van der Waals surface area contributed by atoms with Gasteiger partial charge in [0.15, 0.2) is 0 Å². The number of nitrogens with zero attached hydrogens (tertiary/aromatic N) is 1. The van der Waals surface area contributed by atoms with E-state index < -0.39 is 15.9 Å². The van der Waals surface area contributed by atoms with E-state index in [0.29, 0.717) is 4.91 Å². The van der Waals surface area contributed by atoms with Crippen LogP contribution in [0.5, 0.6) is 5.75 Å². The predicted molar refractivity (Wildman–Crippen MR) is 96.5 cm³/mol. The molecule has 0 unspecified atom stereocenters. The molecule has 2 heterocycles. The molecule has 0 spiro atoms. The average Bonchev–Trinajstić information content (AvgIpc) is 2.96. The summed E-state index contributed by atoms with van der Waals surface area (Å²) >= 11 is 6.25. The fourth-order valence-electron chi connectivity index (χ4n) is 2.58. The first-order chi connectivity index (χ1) is 11.2. The minimum absolute atomic E-state index is 0.147. The SMILES string of the molecule is C[C@H]1Cc2cc(/C=C3\SC(=S)N(CCS(=O)(=O)O)C3=O)ccc2O1. The number of carbonyl (C=O) groups is 1. The number of thioether (sulfide) groups is 1. The van der Waals surface area contributed by atoms with E-state index in [-0.39, 0.29) is 22.9 Å². The molecule has 1 fully saturated rings. The molecule has 1 N–H and O–H groups in total. The first-order valence-corrected chi connectivity index (χ1v) is 10.1. The third kappa shape index (κ3) is 3.80. The number of fused-ring (bicyclic) bond motifs is 1. The van der Waals surface area contributed by atoms with Gasteiger partial charge in [0, 0.05) is 13.0 Å². The van der Waals surface area contributed by atoms with E-state index in [4.69, 9.17) is 21.5 Å². The van der Waals surface area contributed by atoms with Crippen LogP contribution in [0, 0.1) is 0 Å². The van der Waals surface area contributed by atoms with Crippen molar-refractivity contribution in [2.45, 2.75) is 19.4 Å². The number of benzene rings is 1. The van der Waals surface area contributed by atoms with E-state index in [9.17, 15) is 13.2 Å². The molecule has 24 heavy (non-hydrogen) atoms. The maximum Gasteiger partial charge on any atom is 0.266 e. The van der Waals surface area contributed by atoms with Crippen LogP contribution in [-0.2, 0) is 21.3 Å². The highest BCUT2D eigenvalue weighted by atomic mass is 32.2. The highest BCUT2D eigenvalue weighted by Gasteiger charge is 2.32. The fourth-order valence-corrected chi connectivity index (χ4v) is 4.30. The third-order valence-corrected chi connectivity index (χ3v) is 5.74. The Labute approximate surface area is 149 Å². The Hall–Kier alpha value is -1.42. The van der Waals surface area contributed by atoms with Crippen molar-refractivity contribution in [2.75, 3.05) is 12.3 Å². The molecule has 1 aromatic carbocycles. The van der Waals surface area contributed by atoms with Gasteiger partial charge in [0.05, 0.1) is 10.7 Å². The standard InChI is InChI=1S/C15H15NO5S3/c1-9-6-11-7-10(2-3-12(11)21-9)8-13-14(17)16(15(22)23-13)4-5-24(18,19)20/h2-3,7-9H,4-6H2,1H3,(H,18,19,20)/b13-8-/t9-/m0/s1. The first-order valence-electron chi connectivity index (χ1n) is 7.23. The lowest BCUT2D eigenvalue weighted by Crippen LogP contribution is -2.32. The predicted octanol–water partition coefficient (Wildman–Crippen LogP) is 2.10. The molecular weight excluding hydrogens is 370 g/mol. The highest BCUT2D eigenvalue weighted by molar-refractivity contribution is 8.26. The summed E-state index contributed by atoms with van der Waals surface area (Å²) in [4.78, 5) is 14.0. The van der Waals surface area contributed by atoms with Crippen molar-refractivity contribution in [3.05, 3.63) is 34.2 Å². The summed E-state index contributed by atoms with van der Waals surface area (Å²) in [7, 11) is -4.14. The summed E-state index contributed by atoms with van der Waals surface area (Å²) in [6, 6.07) is 5.72. The van der Waals surface area contributed by atoms with Gasteiger partial charge in [0.25, 0.3) is 16.0 Å². The Morgan fingerprint density at radius 1 is 1.50 bits per heavy atom. The number of carbonyl (C=O) groups excluding carboxylic acids is 1. The molecule has 1 aromatic rings. The molecule has 0 aliphatic carbocycles. The van der Waals surface area contributed by atoms with E-state index in [1.54, 1.807) is 6.08 Å². The number of rotatable bonds is 4. The molecule has 3 rings (SSSR count). The second-order valence-electron chi connectivity index (χ2n) is 5.62. The van der Waals surface area contributed by atoms with Crippen molar-refractivity contribution < 1.29 is 22.5 Å². The van der Waals surface area contributed by atoms with Crippen LogP contribution in [0.15, 0.2) is 23.1 Å². The molecule has 0 bridgehead atoms. The van der Waals surface area contributed by atoms with Crippen molar-refractivity contribution in [1.29, 1.82) is 0 Å². The molecule has 2 aliphatic heterocycles. The van der Waals surface area contributed by atoms with E-state index in [2.05, 4.69) is 0 Å². The van der Waals surface area contributed by atoms with Gasteiger partial charge in [-0.05, 0) is 36.3 Å². The molecule has 6 nitrogen and oxygen atoms in total. The largest absolute Gasteiger partial charge is 0.490 e. The van der Waals surface area contributed by atoms with Crippen LogP contribution in [0.3, 0.4) is 0 Å². The summed E-state index contributed by atoms with van der Waals surface area (Å²) in [6.45, 7) is 1.84. The molecule has 1 atom stereocenters. The summed E-state index contributed by atoms with van der Waals surface area (Å²) in [6.07, 6.45) is 2.71. The average molecular weight is 385 g/mol. The maximum absolute atomic E-state index is 12.4. The van der Waals surface area contributed by atoms with Crippen LogP contribution in [0.2, 0.25) is 0 Å². The zero-order valence-electron chi connectivity index (χ0n) is 12.8. The normalized spacial score (nSPS) is 22.2. The van der Waals surface area contributed by atoms with Gasteiger partial charge >= 0.3 is 0 Å². The summed E-state index contributed by atoms with van der Waals surface area (Å²) in [5.74, 6) is -0.0278. The van der Waals surface area contributed by atoms with E-state index in [0.717, 1.165) is 35.1 Å². The van der Waals surface area contributed by atoms with E-state index in [1.807, 2.05) is 25.1 Å². The topological polar surface area (TPSA) is 83.9 Å². The number of hydrogen-bond donors (Lipinski definition) is 1. The zero-order chi connectivity index (χ0) is 17.5. The molecule has 2 aliphatic rings. The Kier molecular flexibility index (Phi) is 4.69. The van der Waals surface area contributed by atoms with Crippen LogP contribution in [0.1, 0.15) is 18.1 Å².